The van der Waals surface area contributed by atoms with Gasteiger partial charge >= 0.3 is 6.18 Å². The van der Waals surface area contributed by atoms with E-state index in [2.05, 4.69) is 10.1 Å². The Bertz CT molecular complexity index is 311. The molecule has 0 aliphatic rings. The van der Waals surface area contributed by atoms with E-state index in [9.17, 15) is 13.2 Å². The Hall–Kier alpha value is -1.11. The number of hydrogen-bond donors (Lipinski definition) is 1. The lowest BCUT2D eigenvalue weighted by Crippen LogP contribution is -2.12. The molecule has 0 radical (unpaired) electrons. The zero-order valence-electron chi connectivity index (χ0n) is 8.76. The lowest BCUT2D eigenvalue weighted by molar-refractivity contribution is -0.128. The van der Waals surface area contributed by atoms with Gasteiger partial charge in [-0.3, -0.25) is 0 Å². The molecule has 2 N–H and O–H groups in total. The van der Waals surface area contributed by atoms with Gasteiger partial charge in [0.2, 0.25) is 5.89 Å². The second-order valence-corrected chi connectivity index (χ2v) is 3.50. The molecule has 1 aromatic heterocycles. The van der Waals surface area contributed by atoms with Crippen molar-refractivity contribution < 1.29 is 17.7 Å². The number of halogens is 3. The number of unbranched alkanes of at least 4 members (excludes halogenated alkanes) is 2. The summed E-state index contributed by atoms with van der Waals surface area (Å²) < 4.78 is 40.6. The number of aryl methyl sites for hydroxylation is 1. The summed E-state index contributed by atoms with van der Waals surface area (Å²) in [4.78, 5) is 3.66. The number of hydrogen-bond acceptors (Lipinski definition) is 4. The van der Waals surface area contributed by atoms with Crippen molar-refractivity contribution in [2.24, 2.45) is 5.73 Å². The maximum atomic E-state index is 12.0. The van der Waals surface area contributed by atoms with Gasteiger partial charge in [-0.15, -0.1) is 0 Å². The molecule has 16 heavy (non-hydrogen) atoms. The first-order chi connectivity index (χ1) is 7.51. The van der Waals surface area contributed by atoms with E-state index >= 15 is 0 Å². The second kappa shape index (κ2) is 5.83. The second-order valence-electron chi connectivity index (χ2n) is 3.50. The standard InChI is InChI=1S/C9H14F3N3O/c10-9(11,12)6-7-14-8(16-15-7)4-2-1-3-5-13/h1-6,13H2. The molecule has 0 bridgehead atoms. The van der Waals surface area contributed by atoms with Crippen LogP contribution in [-0.2, 0) is 12.8 Å². The Morgan fingerprint density at radius 3 is 2.56 bits per heavy atom. The molecule has 0 aliphatic carbocycles. The highest BCUT2D eigenvalue weighted by Gasteiger charge is 2.30. The molecule has 1 rings (SSSR count). The van der Waals surface area contributed by atoms with E-state index in [1.165, 1.54) is 0 Å². The Morgan fingerprint density at radius 1 is 1.19 bits per heavy atom. The van der Waals surface area contributed by atoms with E-state index in [4.69, 9.17) is 10.3 Å². The molecule has 0 aromatic carbocycles. The number of rotatable bonds is 6. The Labute approximate surface area is 91.0 Å². The maximum absolute atomic E-state index is 12.0. The van der Waals surface area contributed by atoms with Gasteiger partial charge in [0, 0.05) is 6.42 Å². The molecular weight excluding hydrogens is 223 g/mol. The van der Waals surface area contributed by atoms with Crippen molar-refractivity contribution in [2.45, 2.75) is 38.3 Å². The summed E-state index contributed by atoms with van der Waals surface area (Å²) in [6.45, 7) is 0.614. The Balaban J connectivity index is 2.34. The van der Waals surface area contributed by atoms with Crippen LogP contribution >= 0.6 is 0 Å². The minimum absolute atomic E-state index is 0.260. The SMILES string of the molecule is NCCCCCc1nc(CC(F)(F)F)no1. The highest BCUT2D eigenvalue weighted by Crippen LogP contribution is 2.19. The molecule has 0 saturated heterocycles. The normalized spacial score (nSPS) is 12.0. The first kappa shape index (κ1) is 13.0. The fraction of sp³-hybridized carbons (Fsp3) is 0.778. The van der Waals surface area contributed by atoms with Crippen LogP contribution in [-0.4, -0.2) is 22.9 Å². The van der Waals surface area contributed by atoms with Gasteiger partial charge in [-0.1, -0.05) is 11.6 Å². The fourth-order valence-electron chi connectivity index (χ4n) is 1.24. The van der Waals surface area contributed by atoms with E-state index in [-0.39, 0.29) is 11.7 Å². The van der Waals surface area contributed by atoms with Crippen LogP contribution in [0.5, 0.6) is 0 Å². The summed E-state index contributed by atoms with van der Waals surface area (Å²) >= 11 is 0. The van der Waals surface area contributed by atoms with Crippen molar-refractivity contribution in [3.05, 3.63) is 11.7 Å². The molecule has 4 nitrogen and oxygen atoms in total. The zero-order chi connectivity index (χ0) is 12.0. The van der Waals surface area contributed by atoms with Crippen LogP contribution in [0.1, 0.15) is 31.0 Å². The molecule has 92 valence electrons. The largest absolute Gasteiger partial charge is 0.396 e. The van der Waals surface area contributed by atoms with Crippen molar-refractivity contribution >= 4 is 0 Å². The minimum Gasteiger partial charge on any atom is -0.339 e. The molecule has 0 saturated carbocycles. The number of aromatic nitrogens is 2. The first-order valence-electron chi connectivity index (χ1n) is 5.09. The molecule has 0 spiro atoms. The highest BCUT2D eigenvalue weighted by atomic mass is 19.4. The van der Waals surface area contributed by atoms with Crippen LogP contribution < -0.4 is 5.73 Å². The van der Waals surface area contributed by atoms with Crippen molar-refractivity contribution in [1.82, 2.24) is 10.1 Å². The van der Waals surface area contributed by atoms with Crippen LogP contribution in [0.2, 0.25) is 0 Å². The van der Waals surface area contributed by atoms with Gasteiger partial charge in [0.1, 0.15) is 6.42 Å². The number of nitrogens with zero attached hydrogens (tertiary/aromatic N) is 2. The summed E-state index contributed by atoms with van der Waals surface area (Å²) in [6, 6.07) is 0. The summed E-state index contributed by atoms with van der Waals surface area (Å²) in [5.41, 5.74) is 5.31. The van der Waals surface area contributed by atoms with Crippen molar-refractivity contribution in [3.8, 4) is 0 Å². The van der Waals surface area contributed by atoms with Crippen LogP contribution in [0.15, 0.2) is 4.52 Å². The molecule has 0 aliphatic heterocycles. The Morgan fingerprint density at radius 2 is 1.94 bits per heavy atom. The van der Waals surface area contributed by atoms with Crippen LogP contribution in [0.25, 0.3) is 0 Å². The van der Waals surface area contributed by atoms with Gasteiger partial charge in [0.25, 0.3) is 0 Å². The minimum atomic E-state index is -4.29. The Kier molecular flexibility index (Phi) is 4.72. The third kappa shape index (κ3) is 5.11. The van der Waals surface area contributed by atoms with Gasteiger partial charge in [0.05, 0.1) is 0 Å². The van der Waals surface area contributed by atoms with E-state index in [1.807, 2.05) is 0 Å². The number of nitrogens with two attached hydrogens (primary N) is 1. The van der Waals surface area contributed by atoms with E-state index in [1.54, 1.807) is 0 Å². The number of alkyl halides is 3. The first-order valence-corrected chi connectivity index (χ1v) is 5.09. The fourth-order valence-corrected chi connectivity index (χ4v) is 1.24. The highest BCUT2D eigenvalue weighted by molar-refractivity contribution is 4.88. The van der Waals surface area contributed by atoms with Gasteiger partial charge in [-0.05, 0) is 19.4 Å². The van der Waals surface area contributed by atoms with Gasteiger partial charge in [0.15, 0.2) is 5.82 Å². The molecule has 1 heterocycles. The molecule has 0 atom stereocenters. The maximum Gasteiger partial charge on any atom is 0.396 e. The topological polar surface area (TPSA) is 64.9 Å². The summed E-state index contributed by atoms with van der Waals surface area (Å²) in [5.74, 6) is -0.0439. The molecular formula is C9H14F3N3O. The smallest absolute Gasteiger partial charge is 0.339 e. The quantitative estimate of drug-likeness (QED) is 0.767. The van der Waals surface area contributed by atoms with Crippen molar-refractivity contribution in [3.63, 3.8) is 0 Å². The van der Waals surface area contributed by atoms with Crippen molar-refractivity contribution in [2.75, 3.05) is 6.54 Å². The predicted molar refractivity (Wildman–Crippen MR) is 50.7 cm³/mol. The van der Waals surface area contributed by atoms with Gasteiger partial charge < -0.3 is 10.3 Å². The summed E-state index contributed by atoms with van der Waals surface area (Å²) in [5, 5.41) is 3.27. The molecule has 0 fully saturated rings. The van der Waals surface area contributed by atoms with E-state index in [0.717, 1.165) is 19.3 Å². The summed E-state index contributed by atoms with van der Waals surface area (Å²) in [6.07, 6.45) is -2.33. The monoisotopic (exact) mass is 237 g/mol. The molecule has 0 amide bonds. The average Bonchev–Trinajstić information content (AvgIpc) is 2.58. The van der Waals surface area contributed by atoms with Gasteiger partial charge in [-0.2, -0.15) is 18.2 Å². The van der Waals surface area contributed by atoms with E-state index < -0.39 is 12.6 Å². The lowest BCUT2D eigenvalue weighted by Gasteiger charge is -1.99. The zero-order valence-corrected chi connectivity index (χ0v) is 8.76. The van der Waals surface area contributed by atoms with Crippen LogP contribution in [0, 0.1) is 0 Å². The van der Waals surface area contributed by atoms with Gasteiger partial charge in [-0.25, -0.2) is 0 Å². The molecule has 0 unspecified atom stereocenters. The van der Waals surface area contributed by atoms with Crippen LogP contribution in [0.4, 0.5) is 13.2 Å². The lowest BCUT2D eigenvalue weighted by atomic mass is 10.2. The average molecular weight is 237 g/mol. The predicted octanol–water partition coefficient (Wildman–Crippen LogP) is 1.85. The third-order valence-corrected chi connectivity index (χ3v) is 1.96. The summed E-state index contributed by atoms with van der Waals surface area (Å²) in [7, 11) is 0. The molecule has 1 aromatic rings. The van der Waals surface area contributed by atoms with Crippen molar-refractivity contribution in [1.29, 1.82) is 0 Å². The third-order valence-electron chi connectivity index (χ3n) is 1.96. The molecule has 7 heteroatoms. The van der Waals surface area contributed by atoms with E-state index in [0.29, 0.717) is 13.0 Å². The van der Waals surface area contributed by atoms with Crippen LogP contribution in [0.3, 0.4) is 0 Å².